The molecule has 7 nitrogen and oxygen atoms in total. The largest absolute Gasteiger partial charge is 0.488 e. The molecular weight excluding hydrogens is 476 g/mol. The molecule has 1 aliphatic carbocycles. The number of imidazole rings is 1. The Balaban J connectivity index is 1.38. The third-order valence-electron chi connectivity index (χ3n) is 7.48. The summed E-state index contributed by atoms with van der Waals surface area (Å²) >= 11 is 0. The molecule has 190 valence electrons. The average molecular weight is 505 g/mol. The van der Waals surface area contributed by atoms with Crippen LogP contribution in [-0.4, -0.2) is 19.7 Å². The van der Waals surface area contributed by atoms with E-state index in [1.807, 2.05) is 24.3 Å². The second-order valence-electron chi connectivity index (χ2n) is 10.1. The van der Waals surface area contributed by atoms with Crippen molar-refractivity contribution in [1.29, 1.82) is 0 Å². The first-order valence-corrected chi connectivity index (χ1v) is 13.3. The lowest BCUT2D eigenvalue weighted by molar-refractivity contribution is 0.307. The van der Waals surface area contributed by atoms with E-state index in [2.05, 4.69) is 64.1 Å². The molecule has 1 fully saturated rings. The minimum Gasteiger partial charge on any atom is -0.488 e. The van der Waals surface area contributed by atoms with E-state index in [9.17, 15) is 4.79 Å². The number of hydrogen-bond acceptors (Lipinski definition) is 5. The van der Waals surface area contributed by atoms with Gasteiger partial charge in [0.05, 0.1) is 11.0 Å². The van der Waals surface area contributed by atoms with E-state index in [4.69, 9.17) is 14.2 Å². The summed E-state index contributed by atoms with van der Waals surface area (Å²) < 4.78 is 13.6. The molecule has 1 saturated carbocycles. The molecule has 7 heteroatoms. The Kier molecular flexibility index (Phi) is 5.50. The maximum Gasteiger partial charge on any atom is 0.439 e. The molecule has 0 bridgehead atoms. The highest BCUT2D eigenvalue weighted by atomic mass is 16.5. The number of nitrogens with zero attached hydrogens (tertiary/aromatic N) is 3. The van der Waals surface area contributed by atoms with Gasteiger partial charge in [0.15, 0.2) is 5.82 Å². The molecule has 2 aromatic heterocycles. The molecule has 38 heavy (non-hydrogen) atoms. The first-order valence-electron chi connectivity index (χ1n) is 13.3. The minimum atomic E-state index is -0.539. The van der Waals surface area contributed by atoms with Crippen LogP contribution in [0.1, 0.15) is 60.1 Å². The standard InChI is InChI=1S/C31H28N4O3/c1-2-7-27-32-24-9-4-5-10-25(24)35(27)17-19-12-15-22-21(16-19)18-37-26-11-6-3-8-23(26)29(22)28(20-13-14-20)30-33-31(36)38-34-30/h3-6,8-12,15-16,20H,2,7,13-14,17-18H2,1H3,(H,33,34,36)/b29-28+. The molecular formula is C31H28N4O3. The van der Waals surface area contributed by atoms with Crippen LogP contribution in [0.5, 0.6) is 5.75 Å². The average Bonchev–Trinajstić information content (AvgIpc) is 3.63. The Bertz CT molecular complexity index is 1750. The molecule has 7 rings (SSSR count). The quantitative estimate of drug-likeness (QED) is 0.308. The van der Waals surface area contributed by atoms with Crippen LogP contribution in [-0.2, 0) is 19.6 Å². The number of H-pyrrole nitrogens is 1. The number of aromatic nitrogens is 4. The fraction of sp³-hybridized carbons (Fsp3) is 0.258. The Morgan fingerprint density at radius 2 is 1.89 bits per heavy atom. The monoisotopic (exact) mass is 504 g/mol. The number of aryl methyl sites for hydroxylation is 1. The van der Waals surface area contributed by atoms with Crippen LogP contribution in [0.3, 0.4) is 0 Å². The van der Waals surface area contributed by atoms with E-state index < -0.39 is 5.76 Å². The Labute approximate surface area is 219 Å². The summed E-state index contributed by atoms with van der Waals surface area (Å²) in [6.45, 7) is 3.39. The van der Waals surface area contributed by atoms with Crippen molar-refractivity contribution in [2.45, 2.75) is 45.8 Å². The maximum atomic E-state index is 11.9. The van der Waals surface area contributed by atoms with Crippen LogP contribution >= 0.6 is 0 Å². The zero-order chi connectivity index (χ0) is 25.6. The van der Waals surface area contributed by atoms with Crippen LogP contribution in [0.2, 0.25) is 0 Å². The summed E-state index contributed by atoms with van der Waals surface area (Å²) in [5.41, 5.74) is 8.69. The molecule has 0 amide bonds. The van der Waals surface area contributed by atoms with Gasteiger partial charge in [-0.15, -0.1) is 0 Å². The van der Waals surface area contributed by atoms with Crippen LogP contribution in [0.25, 0.3) is 22.2 Å². The number of hydrogen-bond donors (Lipinski definition) is 1. The molecule has 0 radical (unpaired) electrons. The summed E-state index contributed by atoms with van der Waals surface area (Å²) in [5, 5.41) is 4.10. The SMILES string of the molecule is CCCc1nc2ccccc2n1Cc1ccc2c(c1)COc1ccccc1/C2=C(/c1noc(=O)[nH]1)C1CC1. The lowest BCUT2D eigenvalue weighted by Crippen LogP contribution is -2.07. The molecule has 2 aliphatic rings. The fourth-order valence-electron chi connectivity index (χ4n) is 5.63. The van der Waals surface area contributed by atoms with Gasteiger partial charge in [-0.05, 0) is 66.1 Å². The van der Waals surface area contributed by atoms with Gasteiger partial charge in [0.2, 0.25) is 0 Å². The second-order valence-corrected chi connectivity index (χ2v) is 10.1. The number of allylic oxidation sites excluding steroid dienone is 1. The molecule has 0 atom stereocenters. The zero-order valence-corrected chi connectivity index (χ0v) is 21.2. The van der Waals surface area contributed by atoms with Crippen molar-refractivity contribution in [2.24, 2.45) is 5.92 Å². The van der Waals surface area contributed by atoms with Crippen LogP contribution in [0.15, 0.2) is 76.0 Å². The Morgan fingerprint density at radius 3 is 2.71 bits per heavy atom. The molecule has 3 heterocycles. The first-order chi connectivity index (χ1) is 18.7. The lowest BCUT2D eigenvalue weighted by atomic mass is 9.87. The van der Waals surface area contributed by atoms with Crippen molar-refractivity contribution < 1.29 is 9.26 Å². The molecule has 1 N–H and O–H groups in total. The predicted octanol–water partition coefficient (Wildman–Crippen LogP) is 5.97. The molecule has 0 saturated heterocycles. The van der Waals surface area contributed by atoms with E-state index in [-0.39, 0.29) is 0 Å². The van der Waals surface area contributed by atoms with Crippen molar-refractivity contribution in [3.05, 3.63) is 111 Å². The van der Waals surface area contributed by atoms with Gasteiger partial charge in [-0.1, -0.05) is 54.5 Å². The Morgan fingerprint density at radius 1 is 1.05 bits per heavy atom. The highest BCUT2D eigenvalue weighted by molar-refractivity contribution is 6.01. The van der Waals surface area contributed by atoms with Gasteiger partial charge in [0.1, 0.15) is 18.2 Å². The van der Waals surface area contributed by atoms with Gasteiger partial charge >= 0.3 is 5.76 Å². The van der Waals surface area contributed by atoms with Crippen LogP contribution < -0.4 is 10.5 Å². The summed E-state index contributed by atoms with van der Waals surface area (Å²) in [4.78, 5) is 19.6. The third-order valence-corrected chi connectivity index (χ3v) is 7.48. The van der Waals surface area contributed by atoms with Gasteiger partial charge < -0.3 is 9.30 Å². The van der Waals surface area contributed by atoms with E-state index in [0.29, 0.717) is 18.3 Å². The Hall–Kier alpha value is -4.39. The fourth-order valence-corrected chi connectivity index (χ4v) is 5.63. The van der Waals surface area contributed by atoms with Crippen molar-refractivity contribution in [1.82, 2.24) is 19.7 Å². The summed E-state index contributed by atoms with van der Waals surface area (Å²) in [6, 6.07) is 23.1. The second kappa shape index (κ2) is 9.17. The zero-order valence-electron chi connectivity index (χ0n) is 21.2. The van der Waals surface area contributed by atoms with E-state index in [1.54, 1.807) is 0 Å². The lowest BCUT2D eigenvalue weighted by Gasteiger charge is -2.17. The number of fused-ring (bicyclic) bond motifs is 3. The van der Waals surface area contributed by atoms with Crippen molar-refractivity contribution in [3.63, 3.8) is 0 Å². The number of para-hydroxylation sites is 3. The molecule has 0 unspecified atom stereocenters. The van der Waals surface area contributed by atoms with Crippen molar-refractivity contribution in [2.75, 3.05) is 0 Å². The summed E-state index contributed by atoms with van der Waals surface area (Å²) in [7, 11) is 0. The molecule has 3 aromatic carbocycles. The van der Waals surface area contributed by atoms with Gasteiger partial charge in [0.25, 0.3) is 0 Å². The number of ether oxygens (including phenoxy) is 1. The number of benzene rings is 3. The van der Waals surface area contributed by atoms with E-state index in [1.165, 1.54) is 5.56 Å². The summed E-state index contributed by atoms with van der Waals surface area (Å²) in [5.74, 6) is 2.23. The predicted molar refractivity (Wildman–Crippen MR) is 146 cm³/mol. The van der Waals surface area contributed by atoms with Crippen LogP contribution in [0.4, 0.5) is 0 Å². The van der Waals surface area contributed by atoms with Gasteiger partial charge in [-0.2, -0.15) is 0 Å². The van der Waals surface area contributed by atoms with Crippen molar-refractivity contribution in [3.8, 4) is 5.75 Å². The number of aromatic amines is 1. The highest BCUT2D eigenvalue weighted by Gasteiger charge is 2.35. The molecule has 1 aliphatic heterocycles. The normalized spacial score (nSPS) is 16.0. The minimum absolute atomic E-state index is 0.318. The van der Waals surface area contributed by atoms with Gasteiger partial charge in [-0.3, -0.25) is 9.51 Å². The molecule has 0 spiro atoms. The van der Waals surface area contributed by atoms with Gasteiger partial charge in [-0.25, -0.2) is 9.78 Å². The topological polar surface area (TPSA) is 85.9 Å². The van der Waals surface area contributed by atoms with Gasteiger partial charge in [0, 0.05) is 29.7 Å². The number of nitrogens with one attached hydrogen (secondary N) is 1. The summed E-state index contributed by atoms with van der Waals surface area (Å²) in [6.07, 6.45) is 4.09. The molecule has 5 aromatic rings. The van der Waals surface area contributed by atoms with E-state index in [0.717, 1.165) is 82.7 Å². The maximum absolute atomic E-state index is 11.9. The highest BCUT2D eigenvalue weighted by Crippen LogP contribution is 2.49. The van der Waals surface area contributed by atoms with Crippen LogP contribution in [0, 0.1) is 5.92 Å². The first kappa shape index (κ1) is 22.8. The van der Waals surface area contributed by atoms with E-state index >= 15 is 0 Å². The number of rotatable bonds is 6. The van der Waals surface area contributed by atoms with Crippen molar-refractivity contribution >= 4 is 22.2 Å². The third kappa shape index (κ3) is 3.95. The smallest absolute Gasteiger partial charge is 0.439 e.